The molecular weight excluding hydrogens is 332 g/mol. The first-order valence-electron chi connectivity index (χ1n) is 9.13. The molecule has 0 fully saturated rings. The maximum Gasteiger partial charge on any atom is 0.228 e. The Labute approximate surface area is 154 Å². The van der Waals surface area contributed by atoms with Crippen LogP contribution < -0.4 is 0 Å². The number of furan rings is 1. The lowest BCUT2D eigenvalue weighted by Gasteiger charge is -2.18. The molecule has 0 aliphatic heterocycles. The van der Waals surface area contributed by atoms with E-state index in [0.29, 0.717) is 27.7 Å². The summed E-state index contributed by atoms with van der Waals surface area (Å²) in [4.78, 5) is 8.73. The third-order valence-electron chi connectivity index (χ3n) is 3.89. The second kappa shape index (κ2) is 5.85. The van der Waals surface area contributed by atoms with Crippen molar-refractivity contribution < 1.29 is 7.16 Å². The van der Waals surface area contributed by atoms with Crippen LogP contribution in [-0.2, 0) is 6.37 Å². The minimum absolute atomic E-state index is 0.376. The van der Waals surface area contributed by atoms with E-state index in [-0.39, 0.29) is 0 Å². The van der Waals surface area contributed by atoms with Gasteiger partial charge in [0.25, 0.3) is 0 Å². The van der Waals surface area contributed by atoms with Crippen LogP contribution in [0.2, 0.25) is 5.15 Å². The molecule has 0 spiro atoms. The Hall–Kier alpha value is -2.39. The molecule has 1 aromatic carbocycles. The van der Waals surface area contributed by atoms with Gasteiger partial charge in [-0.15, -0.1) is 0 Å². The summed E-state index contributed by atoms with van der Waals surface area (Å²) in [6.07, 6.45) is 0.145. The van der Waals surface area contributed by atoms with Crippen LogP contribution in [0.1, 0.15) is 29.1 Å². The fraction of sp³-hybridized carbons (Fsp3) is 0.238. The lowest BCUT2D eigenvalue weighted by Crippen LogP contribution is -2.09. The van der Waals surface area contributed by atoms with Gasteiger partial charge in [0.05, 0.1) is 5.69 Å². The van der Waals surface area contributed by atoms with Crippen molar-refractivity contribution in [1.29, 1.82) is 0 Å². The average Bonchev–Trinajstić information content (AvgIpc) is 2.98. The first-order chi connectivity index (χ1) is 12.7. The third-order valence-corrected chi connectivity index (χ3v) is 4.10. The normalized spacial score (nSPS) is 13.9. The number of pyridine rings is 2. The predicted octanol–water partition coefficient (Wildman–Crippen LogP) is 6.29. The molecule has 4 rings (SSSR count). The van der Waals surface area contributed by atoms with Crippen LogP contribution in [-0.4, -0.2) is 9.97 Å². The zero-order chi connectivity index (χ0) is 19.4. The Morgan fingerprint density at radius 3 is 2.76 bits per heavy atom. The molecule has 3 heterocycles. The van der Waals surface area contributed by atoms with Gasteiger partial charge in [0.15, 0.2) is 0 Å². The van der Waals surface area contributed by atoms with Crippen LogP contribution in [0.4, 0.5) is 0 Å². The van der Waals surface area contributed by atoms with Crippen LogP contribution >= 0.6 is 11.6 Å². The highest BCUT2D eigenvalue weighted by atomic mass is 35.5. The van der Waals surface area contributed by atoms with Crippen molar-refractivity contribution in [2.45, 2.75) is 27.1 Å². The van der Waals surface area contributed by atoms with Crippen molar-refractivity contribution in [3.05, 3.63) is 59.4 Å². The predicted molar refractivity (Wildman–Crippen MR) is 103 cm³/mol. The van der Waals surface area contributed by atoms with Crippen LogP contribution in [0.3, 0.4) is 0 Å². The van der Waals surface area contributed by atoms with Gasteiger partial charge in [-0.2, -0.15) is 0 Å². The summed E-state index contributed by atoms with van der Waals surface area (Å²) in [6, 6.07) is 13.0. The van der Waals surface area contributed by atoms with E-state index >= 15 is 0 Å². The van der Waals surface area contributed by atoms with Crippen molar-refractivity contribution in [3.8, 4) is 11.3 Å². The Morgan fingerprint density at radius 1 is 1.12 bits per heavy atom. The van der Waals surface area contributed by atoms with Gasteiger partial charge >= 0.3 is 0 Å². The lowest BCUT2D eigenvalue weighted by atomic mass is 9.88. The van der Waals surface area contributed by atoms with Crippen LogP contribution in [0.25, 0.3) is 33.3 Å². The van der Waals surface area contributed by atoms with Crippen molar-refractivity contribution >= 4 is 33.7 Å². The molecule has 3 aromatic heterocycles. The van der Waals surface area contributed by atoms with E-state index in [1.807, 2.05) is 45.0 Å². The number of hydrogen-bond donors (Lipinski definition) is 0. The fourth-order valence-electron chi connectivity index (χ4n) is 2.95. The summed E-state index contributed by atoms with van der Waals surface area (Å²) in [5.74, 6) is 0. The van der Waals surface area contributed by atoms with E-state index in [2.05, 4.69) is 9.97 Å². The molecular formula is C21H19ClN2O. The van der Waals surface area contributed by atoms with E-state index in [1.165, 1.54) is 0 Å². The Balaban J connectivity index is 1.93. The minimum atomic E-state index is -1.50. The molecule has 0 radical (unpaired) electrons. The number of benzene rings is 1. The van der Waals surface area contributed by atoms with Gasteiger partial charge in [-0.3, -0.25) is 4.98 Å². The Kier molecular flexibility index (Phi) is 3.24. The molecule has 25 heavy (non-hydrogen) atoms. The molecule has 0 saturated heterocycles. The molecule has 0 aliphatic carbocycles. The zero-order valence-electron chi connectivity index (χ0n) is 16.3. The SMILES string of the molecule is [2H]C([2H])(c1ccnc(-c2cccc3c2oc2nc(Cl)ccc23)c1)C(C)(C)C. The van der Waals surface area contributed by atoms with E-state index < -0.39 is 11.8 Å². The van der Waals surface area contributed by atoms with Crippen LogP contribution in [0, 0.1) is 5.41 Å². The summed E-state index contributed by atoms with van der Waals surface area (Å²) < 4.78 is 23.1. The van der Waals surface area contributed by atoms with Crippen molar-refractivity contribution in [2.24, 2.45) is 5.41 Å². The van der Waals surface area contributed by atoms with Gasteiger partial charge < -0.3 is 4.42 Å². The van der Waals surface area contributed by atoms with Gasteiger partial charge in [-0.05, 0) is 47.7 Å². The summed E-state index contributed by atoms with van der Waals surface area (Å²) in [7, 11) is 0. The van der Waals surface area contributed by atoms with Gasteiger partial charge in [-0.1, -0.05) is 44.5 Å². The quantitative estimate of drug-likeness (QED) is 0.398. The molecule has 0 aliphatic rings. The van der Waals surface area contributed by atoms with Crippen LogP contribution in [0.15, 0.2) is 53.1 Å². The number of rotatable bonds is 2. The first kappa shape index (κ1) is 13.9. The number of fused-ring (bicyclic) bond motifs is 3. The molecule has 0 N–H and O–H groups in total. The van der Waals surface area contributed by atoms with Crippen LogP contribution in [0.5, 0.6) is 0 Å². The summed E-state index contributed by atoms with van der Waals surface area (Å²) >= 11 is 5.99. The highest BCUT2D eigenvalue weighted by Gasteiger charge is 2.16. The number of nitrogens with zero attached hydrogens (tertiary/aromatic N) is 2. The molecule has 4 heteroatoms. The number of halogens is 1. The molecule has 0 bridgehead atoms. The van der Waals surface area contributed by atoms with Gasteiger partial charge in [0.2, 0.25) is 5.71 Å². The van der Waals surface area contributed by atoms with E-state index in [0.717, 1.165) is 16.3 Å². The average molecular weight is 353 g/mol. The van der Waals surface area contributed by atoms with Gasteiger partial charge in [0, 0.05) is 25.3 Å². The monoisotopic (exact) mass is 352 g/mol. The van der Waals surface area contributed by atoms with Crippen molar-refractivity contribution in [3.63, 3.8) is 0 Å². The number of para-hydroxylation sites is 1. The standard InChI is InChI=1S/C21H19ClN2O/c1-21(2,3)12-13-9-10-23-17(11-13)16-6-4-5-14-15-7-8-18(22)24-20(15)25-19(14)16/h4-11H,12H2,1-3H3/i12D2. The smallest absolute Gasteiger partial charge is 0.228 e. The van der Waals surface area contributed by atoms with Crippen molar-refractivity contribution in [1.82, 2.24) is 9.97 Å². The Bertz CT molecular complexity index is 1160. The fourth-order valence-corrected chi connectivity index (χ4v) is 3.09. The highest BCUT2D eigenvalue weighted by molar-refractivity contribution is 6.30. The lowest BCUT2D eigenvalue weighted by molar-refractivity contribution is 0.411. The molecule has 0 saturated carbocycles. The van der Waals surface area contributed by atoms with E-state index in [4.69, 9.17) is 18.8 Å². The van der Waals surface area contributed by atoms with Crippen molar-refractivity contribution in [2.75, 3.05) is 0 Å². The maximum atomic E-state index is 8.54. The largest absolute Gasteiger partial charge is 0.437 e. The van der Waals surface area contributed by atoms with Gasteiger partial charge in [-0.25, -0.2) is 4.98 Å². The minimum Gasteiger partial charge on any atom is -0.437 e. The summed E-state index contributed by atoms with van der Waals surface area (Å²) in [5, 5.41) is 2.19. The number of aromatic nitrogens is 2. The second-order valence-corrected chi connectivity index (χ2v) is 7.46. The highest BCUT2D eigenvalue weighted by Crippen LogP contribution is 2.35. The molecule has 4 aromatic rings. The third kappa shape index (κ3) is 3.12. The molecule has 0 atom stereocenters. The Morgan fingerprint density at radius 2 is 1.96 bits per heavy atom. The maximum absolute atomic E-state index is 8.54. The zero-order valence-corrected chi connectivity index (χ0v) is 15.1. The summed E-state index contributed by atoms with van der Waals surface area (Å²) in [5.41, 5.74) is 2.66. The van der Waals surface area contributed by atoms with E-state index in [9.17, 15) is 0 Å². The number of hydrogen-bond acceptors (Lipinski definition) is 3. The molecule has 0 amide bonds. The molecule has 3 nitrogen and oxygen atoms in total. The second-order valence-electron chi connectivity index (χ2n) is 7.08. The first-order valence-corrected chi connectivity index (χ1v) is 8.51. The van der Waals surface area contributed by atoms with E-state index in [1.54, 1.807) is 24.4 Å². The molecule has 126 valence electrons. The van der Waals surface area contributed by atoms with Gasteiger partial charge in [0.1, 0.15) is 10.7 Å². The molecule has 0 unspecified atom stereocenters. The topological polar surface area (TPSA) is 38.9 Å². The summed E-state index contributed by atoms with van der Waals surface area (Å²) in [6.45, 7) is 5.67.